The summed E-state index contributed by atoms with van der Waals surface area (Å²) >= 11 is 0. The maximum atomic E-state index is 12.0. The van der Waals surface area contributed by atoms with Crippen molar-refractivity contribution in [3.05, 3.63) is 42.0 Å². The van der Waals surface area contributed by atoms with Gasteiger partial charge in [0.2, 0.25) is 11.8 Å². The number of anilines is 1. The molecule has 0 bridgehead atoms. The van der Waals surface area contributed by atoms with Gasteiger partial charge in [-0.1, -0.05) is 36.2 Å². The van der Waals surface area contributed by atoms with E-state index in [4.69, 9.17) is 10.3 Å². The Hall–Kier alpha value is -2.21. The number of rotatable bonds is 4. The molecule has 2 aromatic rings. The highest BCUT2D eigenvalue weighted by atomic mass is 16.5. The predicted octanol–water partition coefficient (Wildman–Crippen LogP) is 2.63. The smallest absolute Gasteiger partial charge is 0.232 e. The lowest BCUT2D eigenvalue weighted by atomic mass is 9.74. The van der Waals surface area contributed by atoms with Crippen LogP contribution in [0, 0.1) is 0 Å². The molecule has 1 saturated carbocycles. The van der Waals surface area contributed by atoms with Crippen molar-refractivity contribution in [3.63, 3.8) is 0 Å². The molecule has 1 amide bonds. The fourth-order valence-corrected chi connectivity index (χ4v) is 3.11. The van der Waals surface area contributed by atoms with Gasteiger partial charge >= 0.3 is 0 Å². The average molecular weight is 314 g/mol. The maximum Gasteiger partial charge on any atom is 0.232 e. The molecule has 0 saturated heterocycles. The van der Waals surface area contributed by atoms with Crippen LogP contribution >= 0.6 is 0 Å². The average Bonchev–Trinajstić information content (AvgIpc) is 2.95. The molecule has 0 aliphatic heterocycles. The van der Waals surface area contributed by atoms with E-state index in [1.54, 1.807) is 0 Å². The highest BCUT2D eigenvalue weighted by Gasteiger charge is 2.37. The Morgan fingerprint density at radius 3 is 2.91 bits per heavy atom. The number of hydrogen-bond acceptors (Lipinski definition) is 5. The third kappa shape index (κ3) is 3.76. The summed E-state index contributed by atoms with van der Waals surface area (Å²) in [4.78, 5) is 16.4. The second kappa shape index (κ2) is 6.50. The SMILES string of the molecule is CC1(N)CCCCC1c1nc(CC(=O)Nc2ccccc2)no1. The molecule has 122 valence electrons. The first-order valence-corrected chi connectivity index (χ1v) is 8.01. The standard InChI is InChI=1S/C17H22N4O2/c1-17(18)10-6-5-9-13(17)16-20-14(21-23-16)11-15(22)19-12-7-3-2-4-8-12/h2-4,7-8,13H,5-6,9-11,18H2,1H3,(H,19,22). The summed E-state index contributed by atoms with van der Waals surface area (Å²) < 4.78 is 5.37. The third-order valence-corrected chi connectivity index (χ3v) is 4.41. The van der Waals surface area contributed by atoms with Crippen molar-refractivity contribution in [3.8, 4) is 0 Å². The van der Waals surface area contributed by atoms with E-state index in [0.717, 1.165) is 31.4 Å². The molecular formula is C17H22N4O2. The van der Waals surface area contributed by atoms with E-state index in [0.29, 0.717) is 11.7 Å². The van der Waals surface area contributed by atoms with Crippen molar-refractivity contribution in [2.24, 2.45) is 5.73 Å². The van der Waals surface area contributed by atoms with Crippen molar-refractivity contribution in [1.82, 2.24) is 10.1 Å². The van der Waals surface area contributed by atoms with Crippen LogP contribution in [-0.2, 0) is 11.2 Å². The minimum Gasteiger partial charge on any atom is -0.339 e. The van der Waals surface area contributed by atoms with Gasteiger partial charge in [0, 0.05) is 11.2 Å². The molecule has 1 heterocycles. The van der Waals surface area contributed by atoms with Crippen molar-refractivity contribution in [2.75, 3.05) is 5.32 Å². The molecule has 1 fully saturated rings. The predicted molar refractivity (Wildman–Crippen MR) is 86.9 cm³/mol. The minimum atomic E-state index is -0.325. The second-order valence-corrected chi connectivity index (χ2v) is 6.44. The van der Waals surface area contributed by atoms with Gasteiger partial charge in [-0.3, -0.25) is 4.79 Å². The van der Waals surface area contributed by atoms with Crippen LogP contribution in [0.2, 0.25) is 0 Å². The number of aromatic nitrogens is 2. The molecule has 1 aromatic carbocycles. The zero-order valence-electron chi connectivity index (χ0n) is 13.3. The summed E-state index contributed by atoms with van der Waals surface area (Å²) in [6, 6.07) is 9.30. The van der Waals surface area contributed by atoms with Crippen molar-refractivity contribution in [2.45, 2.75) is 50.5 Å². The van der Waals surface area contributed by atoms with E-state index >= 15 is 0 Å². The molecule has 2 atom stereocenters. The maximum absolute atomic E-state index is 12.0. The monoisotopic (exact) mass is 314 g/mol. The molecular weight excluding hydrogens is 292 g/mol. The Balaban J connectivity index is 1.64. The molecule has 3 N–H and O–H groups in total. The number of nitrogens with zero attached hydrogens (tertiary/aromatic N) is 2. The number of nitrogens with one attached hydrogen (secondary N) is 1. The van der Waals surface area contributed by atoms with E-state index < -0.39 is 0 Å². The van der Waals surface area contributed by atoms with E-state index in [1.165, 1.54) is 0 Å². The Bertz CT molecular complexity index is 666. The molecule has 1 aliphatic rings. The quantitative estimate of drug-likeness (QED) is 0.904. The van der Waals surface area contributed by atoms with Gasteiger partial charge in [-0.15, -0.1) is 0 Å². The third-order valence-electron chi connectivity index (χ3n) is 4.41. The molecule has 3 rings (SSSR count). The van der Waals surface area contributed by atoms with Gasteiger partial charge in [0.1, 0.15) is 0 Å². The van der Waals surface area contributed by atoms with E-state index in [2.05, 4.69) is 15.5 Å². The molecule has 0 radical (unpaired) electrons. The normalized spacial score (nSPS) is 24.3. The molecule has 1 aliphatic carbocycles. The van der Waals surface area contributed by atoms with Crippen LogP contribution in [0.4, 0.5) is 5.69 Å². The number of amides is 1. The molecule has 6 heteroatoms. The lowest BCUT2D eigenvalue weighted by Crippen LogP contribution is -2.44. The topological polar surface area (TPSA) is 94.0 Å². The van der Waals surface area contributed by atoms with Crippen molar-refractivity contribution < 1.29 is 9.32 Å². The van der Waals surface area contributed by atoms with E-state index in [9.17, 15) is 4.79 Å². The lowest BCUT2D eigenvalue weighted by molar-refractivity contribution is -0.115. The van der Waals surface area contributed by atoms with Crippen molar-refractivity contribution in [1.29, 1.82) is 0 Å². The van der Waals surface area contributed by atoms with Crippen LogP contribution in [0.15, 0.2) is 34.9 Å². The molecule has 2 unspecified atom stereocenters. The van der Waals surface area contributed by atoms with Crippen LogP contribution < -0.4 is 11.1 Å². The highest BCUT2D eigenvalue weighted by molar-refractivity contribution is 5.91. The zero-order valence-corrected chi connectivity index (χ0v) is 13.3. The van der Waals surface area contributed by atoms with Crippen LogP contribution in [0.3, 0.4) is 0 Å². The first-order valence-electron chi connectivity index (χ1n) is 8.01. The van der Waals surface area contributed by atoms with Crippen LogP contribution in [0.1, 0.15) is 50.2 Å². The summed E-state index contributed by atoms with van der Waals surface area (Å²) in [6.07, 6.45) is 4.23. The summed E-state index contributed by atoms with van der Waals surface area (Å²) in [6.45, 7) is 2.03. The number of para-hydroxylation sites is 1. The summed E-state index contributed by atoms with van der Waals surface area (Å²) in [5.41, 5.74) is 6.79. The summed E-state index contributed by atoms with van der Waals surface area (Å²) in [7, 11) is 0. The fourth-order valence-electron chi connectivity index (χ4n) is 3.11. The van der Waals surface area contributed by atoms with E-state index in [1.807, 2.05) is 37.3 Å². The van der Waals surface area contributed by atoms with Gasteiger partial charge in [0.15, 0.2) is 5.82 Å². The Morgan fingerprint density at radius 2 is 2.17 bits per heavy atom. The van der Waals surface area contributed by atoms with Gasteiger partial charge in [-0.05, 0) is 31.9 Å². The zero-order chi connectivity index (χ0) is 16.3. The van der Waals surface area contributed by atoms with Crippen molar-refractivity contribution >= 4 is 11.6 Å². The van der Waals surface area contributed by atoms with Crippen LogP contribution in [0.25, 0.3) is 0 Å². The number of carbonyl (C=O) groups is 1. The van der Waals surface area contributed by atoms with Gasteiger partial charge < -0.3 is 15.6 Å². The molecule has 6 nitrogen and oxygen atoms in total. The van der Waals surface area contributed by atoms with E-state index in [-0.39, 0.29) is 23.8 Å². The first kappa shape index (κ1) is 15.7. The number of benzene rings is 1. The number of nitrogens with two attached hydrogens (primary N) is 1. The van der Waals surface area contributed by atoms with Crippen LogP contribution in [0.5, 0.6) is 0 Å². The molecule has 1 aromatic heterocycles. The van der Waals surface area contributed by atoms with Crippen LogP contribution in [-0.4, -0.2) is 21.6 Å². The Kier molecular flexibility index (Phi) is 4.43. The highest BCUT2D eigenvalue weighted by Crippen LogP contribution is 2.38. The van der Waals surface area contributed by atoms with Gasteiger partial charge in [0.25, 0.3) is 0 Å². The van der Waals surface area contributed by atoms with Gasteiger partial charge in [-0.2, -0.15) is 4.98 Å². The number of carbonyl (C=O) groups excluding carboxylic acids is 1. The number of hydrogen-bond donors (Lipinski definition) is 2. The fraction of sp³-hybridized carbons (Fsp3) is 0.471. The largest absolute Gasteiger partial charge is 0.339 e. The minimum absolute atomic E-state index is 0.0645. The van der Waals surface area contributed by atoms with Gasteiger partial charge in [-0.25, -0.2) is 0 Å². The Morgan fingerprint density at radius 1 is 1.39 bits per heavy atom. The first-order chi connectivity index (χ1) is 11.0. The summed E-state index contributed by atoms with van der Waals surface area (Å²) in [5, 5.41) is 6.75. The Labute approximate surface area is 135 Å². The van der Waals surface area contributed by atoms with Gasteiger partial charge in [0.05, 0.1) is 12.3 Å². The molecule has 23 heavy (non-hydrogen) atoms. The summed E-state index contributed by atoms with van der Waals surface area (Å²) in [5.74, 6) is 0.851. The lowest BCUT2D eigenvalue weighted by Gasteiger charge is -2.35. The second-order valence-electron chi connectivity index (χ2n) is 6.44. The molecule has 0 spiro atoms.